The molecule has 0 aromatic heterocycles. The fraction of sp³-hybridized carbons (Fsp3) is 0.591. The summed E-state index contributed by atoms with van der Waals surface area (Å²) in [4.78, 5) is 0. The first kappa shape index (κ1) is 120. The maximum atomic E-state index is 2.35. The smallest absolute Gasteiger partial charge is 0 e. The van der Waals surface area contributed by atoms with E-state index in [1.54, 1.807) is 57.8 Å². The van der Waals surface area contributed by atoms with E-state index in [1.165, 1.54) is 97.6 Å². The molecule has 0 amide bonds. The monoisotopic (exact) mass is 1460 g/mol. The second-order valence-electron chi connectivity index (χ2n) is 22.7. The van der Waals surface area contributed by atoms with Crippen LogP contribution in [0, 0.1) is 84.0 Å². The van der Waals surface area contributed by atoms with Crippen molar-refractivity contribution in [2.24, 2.45) is 41.4 Å². The molecule has 2 radical (unpaired) electrons. The summed E-state index contributed by atoms with van der Waals surface area (Å²) in [5.41, 5.74) is 7.84. The predicted molar refractivity (Wildman–Crippen MR) is 443 cm³/mol. The molecule has 10 rings (SSSR count). The third-order valence-electron chi connectivity index (χ3n) is 14.8. The Labute approximate surface area is 653 Å². The SMILES string of the molecule is C1CCC(CC2CCCCC2)CC1.CC.CC.CC.CC.CC.CC.CC.CC.CCC.CCC(C)C.CCC(C)C.CCC1CC2CCC1C2.Cc1ccccc1.Cc1ccccc1.Cc1ccccc1.Cc1ccccc1.[CH3-].[CH3-].[Y].[Y].c1ccc(-c2ccccc2)cc1. The fourth-order valence-corrected chi connectivity index (χ4v) is 9.59. The molecule has 0 spiro atoms. The largest absolute Gasteiger partial charge is 0.358 e. The summed E-state index contributed by atoms with van der Waals surface area (Å²) in [6, 6.07) is 61.8. The molecule has 4 aliphatic rings. The van der Waals surface area contributed by atoms with Crippen molar-refractivity contribution in [2.45, 2.75) is 323 Å². The molecule has 0 heterocycles. The van der Waals surface area contributed by atoms with Crippen LogP contribution in [0.25, 0.3) is 11.1 Å². The molecule has 6 aromatic rings. The van der Waals surface area contributed by atoms with Gasteiger partial charge in [0.1, 0.15) is 0 Å². The van der Waals surface area contributed by atoms with Gasteiger partial charge in [-0.3, -0.25) is 0 Å². The maximum Gasteiger partial charge on any atom is 0 e. The van der Waals surface area contributed by atoms with Crippen molar-refractivity contribution in [3.63, 3.8) is 0 Å². The van der Waals surface area contributed by atoms with E-state index in [1.807, 2.05) is 196 Å². The first-order chi connectivity index (χ1) is 44.3. The third-order valence-corrected chi connectivity index (χ3v) is 14.8. The second-order valence-corrected chi connectivity index (χ2v) is 22.7. The zero-order valence-electron chi connectivity index (χ0n) is 70.0. The Bertz CT molecular complexity index is 1830. The number of fused-ring (bicyclic) bond motifs is 2. The van der Waals surface area contributed by atoms with Gasteiger partial charge in [0.2, 0.25) is 0 Å². The van der Waals surface area contributed by atoms with Gasteiger partial charge in [-0.05, 0) is 106 Å². The minimum Gasteiger partial charge on any atom is -0.358 e. The van der Waals surface area contributed by atoms with Crippen LogP contribution in [-0.2, 0) is 65.4 Å². The van der Waals surface area contributed by atoms with Gasteiger partial charge in [0.15, 0.2) is 0 Å². The standard InChI is InChI=1S/C13H24.C12H10.C9H16.4C7H8.2C5H12.C3H8.8C2H6.2CH3.2Y/c1-3-7-12(8-4-1)11-13-9-5-2-6-10-13;1-3-7-11(8-4-1)12-9-5-2-6-10-12;1-2-8-5-7-3-4-9(8)6-7;4*1-7-5-3-2-4-6-7;2*1-4-5(2)3;1-3-2;8*1-2;;;;/h12-13H,1-11H2;1-10H;7-9H,2-6H2,1H3;4*2-6H,1H3;2*5H,4H2,1-3H3;3H2,1-2H3;8*1-2H3;2*1H3;;/q;;;;;;;;;;;;;;;;;;2*-1;;. The molecule has 548 valence electrons. The van der Waals surface area contributed by atoms with Gasteiger partial charge in [0.25, 0.3) is 0 Å². The van der Waals surface area contributed by atoms with Crippen LogP contribution in [0.5, 0.6) is 0 Å². The van der Waals surface area contributed by atoms with Crippen molar-refractivity contribution in [1.82, 2.24) is 0 Å². The van der Waals surface area contributed by atoms with Crippen LogP contribution in [0.4, 0.5) is 0 Å². The van der Waals surface area contributed by atoms with E-state index in [0.717, 1.165) is 41.4 Å². The summed E-state index contributed by atoms with van der Waals surface area (Å²) < 4.78 is 0. The zero-order valence-corrected chi connectivity index (χ0v) is 75.6. The Hall–Kier alpha value is -2.47. The van der Waals surface area contributed by atoms with E-state index in [0.29, 0.717) is 0 Å². The molecule has 0 nitrogen and oxygen atoms in total. The van der Waals surface area contributed by atoms with E-state index in [2.05, 4.69) is 187 Å². The molecule has 3 unspecified atom stereocenters. The average molecular weight is 1460 g/mol. The first-order valence-electron chi connectivity index (χ1n) is 38.5. The molecule has 4 saturated carbocycles. The summed E-state index contributed by atoms with van der Waals surface area (Å²) in [5, 5.41) is 0. The molecule has 6 aromatic carbocycles. The van der Waals surface area contributed by atoms with E-state index >= 15 is 0 Å². The van der Waals surface area contributed by atoms with Crippen LogP contribution < -0.4 is 0 Å². The summed E-state index contributed by atoms with van der Waals surface area (Å²) in [6.45, 7) is 60.2. The van der Waals surface area contributed by atoms with Crippen molar-refractivity contribution < 1.29 is 65.4 Å². The van der Waals surface area contributed by atoms with Crippen LogP contribution in [0.3, 0.4) is 0 Å². The Morgan fingerprint density at radius 2 is 0.516 bits per heavy atom. The number of hydrogen-bond donors (Lipinski definition) is 0. The van der Waals surface area contributed by atoms with Crippen molar-refractivity contribution in [2.75, 3.05) is 0 Å². The minimum absolute atomic E-state index is 0. The first-order valence-corrected chi connectivity index (χ1v) is 38.5. The van der Waals surface area contributed by atoms with Crippen molar-refractivity contribution in [3.05, 3.63) is 219 Å². The number of rotatable bonds is 6. The van der Waals surface area contributed by atoms with Gasteiger partial charge >= 0.3 is 0 Å². The van der Waals surface area contributed by atoms with Crippen LogP contribution in [-0.4, -0.2) is 0 Å². The van der Waals surface area contributed by atoms with Gasteiger partial charge < -0.3 is 14.9 Å². The number of aryl methyl sites for hydroxylation is 4. The van der Waals surface area contributed by atoms with Gasteiger partial charge in [0, 0.05) is 65.4 Å². The topological polar surface area (TPSA) is 0 Å². The van der Waals surface area contributed by atoms with Crippen LogP contribution >= 0.6 is 0 Å². The molecule has 0 saturated heterocycles. The maximum absolute atomic E-state index is 2.35. The van der Waals surface area contributed by atoms with Crippen molar-refractivity contribution in [3.8, 4) is 11.1 Å². The quantitative estimate of drug-likeness (QED) is 0.146. The molecule has 0 aliphatic heterocycles. The van der Waals surface area contributed by atoms with Crippen molar-refractivity contribution >= 4 is 0 Å². The summed E-state index contributed by atoms with van der Waals surface area (Å²) in [5.74, 6) is 7.45. The van der Waals surface area contributed by atoms with Gasteiger partial charge in [-0.15, -0.1) is 0 Å². The fourth-order valence-electron chi connectivity index (χ4n) is 9.59. The minimum atomic E-state index is 0. The second kappa shape index (κ2) is 103. The molecule has 0 N–H and O–H groups in total. The Balaban J connectivity index is -0.0000000796. The molecule has 4 aliphatic carbocycles. The molecule has 95 heavy (non-hydrogen) atoms. The molecule has 4 fully saturated rings. The molecule has 2 heteroatoms. The molecule has 3 atom stereocenters. The summed E-state index contributed by atoms with van der Waals surface area (Å²) >= 11 is 0. The van der Waals surface area contributed by atoms with E-state index in [-0.39, 0.29) is 80.3 Å². The molecular weight excluding hydrogens is 1290 g/mol. The summed E-state index contributed by atoms with van der Waals surface area (Å²) in [7, 11) is 0. The van der Waals surface area contributed by atoms with Gasteiger partial charge in [0.05, 0.1) is 0 Å². The normalized spacial score (nSPS) is 13.9. The Morgan fingerprint density at radius 1 is 0.305 bits per heavy atom. The molecule has 2 bridgehead atoms. The predicted octanol–water partition coefficient (Wildman–Crippen LogP) is 33.3. The van der Waals surface area contributed by atoms with E-state index < -0.39 is 0 Å². The number of benzene rings is 6. The van der Waals surface area contributed by atoms with Gasteiger partial charge in [-0.25, -0.2) is 0 Å². The Morgan fingerprint density at radius 3 is 0.653 bits per heavy atom. The van der Waals surface area contributed by atoms with E-state index in [9.17, 15) is 0 Å². The summed E-state index contributed by atoms with van der Waals surface area (Å²) in [6.07, 6.45) is 28.5. The van der Waals surface area contributed by atoms with Crippen LogP contribution in [0.15, 0.2) is 182 Å². The van der Waals surface area contributed by atoms with Crippen LogP contribution in [0.2, 0.25) is 0 Å². The molecular formula is C93H168Y2-2. The number of hydrogen-bond acceptors (Lipinski definition) is 0. The van der Waals surface area contributed by atoms with Gasteiger partial charge in [-0.2, -0.15) is 0 Å². The zero-order chi connectivity index (χ0) is 71.2. The Kier molecular flexibility index (Phi) is 129. The third kappa shape index (κ3) is 85.7. The van der Waals surface area contributed by atoms with E-state index in [4.69, 9.17) is 0 Å². The average Bonchev–Trinajstić information content (AvgIpc) is 1.72. The van der Waals surface area contributed by atoms with Gasteiger partial charge in [-0.1, -0.05) is 474 Å². The van der Waals surface area contributed by atoms with Crippen LogP contribution in [0.1, 0.15) is 317 Å². The van der Waals surface area contributed by atoms with Crippen molar-refractivity contribution in [1.29, 1.82) is 0 Å².